The highest BCUT2D eigenvalue weighted by atomic mass is 16.5. The summed E-state index contributed by atoms with van der Waals surface area (Å²) < 4.78 is 23.4. The van der Waals surface area contributed by atoms with E-state index < -0.39 is 0 Å². The fourth-order valence-electron chi connectivity index (χ4n) is 3.31. The van der Waals surface area contributed by atoms with Gasteiger partial charge >= 0.3 is 5.97 Å². The van der Waals surface area contributed by atoms with Crippen molar-refractivity contribution >= 4 is 5.97 Å². The second-order valence-corrected chi connectivity index (χ2v) is 6.77. The summed E-state index contributed by atoms with van der Waals surface area (Å²) in [5, 5.41) is 4.59. The van der Waals surface area contributed by atoms with Crippen LogP contribution in [0.25, 0.3) is 5.69 Å². The molecule has 0 aliphatic carbocycles. The van der Waals surface area contributed by atoms with Crippen molar-refractivity contribution in [3.63, 3.8) is 0 Å². The number of aryl methyl sites for hydroxylation is 1. The highest BCUT2D eigenvalue weighted by Gasteiger charge is 2.17. The molecule has 0 saturated heterocycles. The van der Waals surface area contributed by atoms with E-state index >= 15 is 0 Å². The number of nitrogens with zero attached hydrogens (tertiary/aromatic N) is 2. The van der Waals surface area contributed by atoms with E-state index in [1.807, 2.05) is 48.9 Å². The summed E-state index contributed by atoms with van der Waals surface area (Å²) in [6.07, 6.45) is 0.0850. The predicted molar refractivity (Wildman–Crippen MR) is 113 cm³/mol. The monoisotopic (exact) mass is 410 g/mol. The molecule has 0 fully saturated rings. The molecule has 2 aromatic carbocycles. The van der Waals surface area contributed by atoms with Gasteiger partial charge in [-0.15, -0.1) is 0 Å². The zero-order chi connectivity index (χ0) is 21.7. The summed E-state index contributed by atoms with van der Waals surface area (Å²) >= 11 is 0. The minimum Gasteiger partial charge on any atom is -0.493 e. The summed E-state index contributed by atoms with van der Waals surface area (Å²) in [5.41, 5.74) is 4.35. The van der Waals surface area contributed by atoms with Gasteiger partial charge in [-0.2, -0.15) is 5.10 Å². The summed E-state index contributed by atoms with van der Waals surface area (Å²) in [7, 11) is 4.61. The molecular weight excluding hydrogens is 384 g/mol. The highest BCUT2D eigenvalue weighted by Crippen LogP contribution is 2.38. The van der Waals surface area contributed by atoms with E-state index in [-0.39, 0.29) is 19.0 Å². The molecular formula is C23H26N2O5. The Morgan fingerprint density at radius 1 is 0.967 bits per heavy atom. The molecule has 0 saturated carbocycles. The van der Waals surface area contributed by atoms with Crippen LogP contribution >= 0.6 is 0 Å². The number of aromatic nitrogens is 2. The largest absolute Gasteiger partial charge is 0.493 e. The third kappa shape index (κ3) is 4.40. The Morgan fingerprint density at radius 3 is 2.17 bits per heavy atom. The maximum absolute atomic E-state index is 12.5. The van der Waals surface area contributed by atoms with Crippen LogP contribution in [0.1, 0.15) is 22.5 Å². The molecule has 1 aromatic heterocycles. The first-order chi connectivity index (χ1) is 14.5. The van der Waals surface area contributed by atoms with Gasteiger partial charge in [0.1, 0.15) is 6.61 Å². The molecule has 7 nitrogen and oxygen atoms in total. The van der Waals surface area contributed by atoms with E-state index in [1.165, 1.54) is 21.3 Å². The number of esters is 1. The van der Waals surface area contributed by atoms with E-state index in [0.717, 1.165) is 22.6 Å². The number of methoxy groups -OCH3 is 3. The first-order valence-corrected chi connectivity index (χ1v) is 9.53. The number of benzene rings is 2. The van der Waals surface area contributed by atoms with Crippen LogP contribution in [0.15, 0.2) is 42.5 Å². The molecule has 0 spiro atoms. The van der Waals surface area contributed by atoms with Crippen molar-refractivity contribution in [3.8, 4) is 22.9 Å². The second-order valence-electron chi connectivity index (χ2n) is 6.77. The van der Waals surface area contributed by atoms with Crippen LogP contribution in [0.5, 0.6) is 17.2 Å². The Kier molecular flexibility index (Phi) is 6.61. The van der Waals surface area contributed by atoms with Gasteiger partial charge < -0.3 is 18.9 Å². The maximum Gasteiger partial charge on any atom is 0.310 e. The van der Waals surface area contributed by atoms with Gasteiger partial charge in [0, 0.05) is 11.3 Å². The summed E-state index contributed by atoms with van der Waals surface area (Å²) in [6.45, 7) is 4.04. The minimum absolute atomic E-state index is 0.0850. The van der Waals surface area contributed by atoms with Crippen molar-refractivity contribution in [1.29, 1.82) is 0 Å². The summed E-state index contributed by atoms with van der Waals surface area (Å²) in [5.74, 6) is 1.12. The smallest absolute Gasteiger partial charge is 0.310 e. The minimum atomic E-state index is -0.351. The Morgan fingerprint density at radius 2 is 1.60 bits per heavy atom. The normalized spacial score (nSPS) is 10.6. The van der Waals surface area contributed by atoms with Gasteiger partial charge in [0.05, 0.1) is 39.1 Å². The maximum atomic E-state index is 12.5. The number of hydrogen-bond donors (Lipinski definition) is 0. The lowest BCUT2D eigenvalue weighted by atomic mass is 10.1. The lowest BCUT2D eigenvalue weighted by Gasteiger charge is -2.14. The molecule has 0 unspecified atom stereocenters. The zero-order valence-corrected chi connectivity index (χ0v) is 17.9. The topological polar surface area (TPSA) is 71.8 Å². The Balaban J connectivity index is 1.72. The van der Waals surface area contributed by atoms with Crippen molar-refractivity contribution < 1.29 is 23.7 Å². The second kappa shape index (κ2) is 9.35. The van der Waals surface area contributed by atoms with Gasteiger partial charge in [0.2, 0.25) is 5.75 Å². The van der Waals surface area contributed by atoms with Crippen LogP contribution in [0.2, 0.25) is 0 Å². The van der Waals surface area contributed by atoms with Crippen LogP contribution in [0, 0.1) is 13.8 Å². The molecule has 7 heteroatoms. The number of para-hydroxylation sites is 1. The van der Waals surface area contributed by atoms with Gasteiger partial charge in [-0.1, -0.05) is 18.2 Å². The van der Waals surface area contributed by atoms with Crippen molar-refractivity contribution in [3.05, 3.63) is 65.0 Å². The van der Waals surface area contributed by atoms with Crippen LogP contribution in [0.4, 0.5) is 0 Å². The van der Waals surface area contributed by atoms with Gasteiger partial charge in [0.25, 0.3) is 0 Å². The van der Waals surface area contributed by atoms with E-state index in [9.17, 15) is 4.79 Å². The molecule has 158 valence electrons. The fourth-order valence-corrected chi connectivity index (χ4v) is 3.31. The predicted octanol–water partition coefficient (Wildman–Crippen LogP) is 3.80. The molecule has 0 aliphatic rings. The molecule has 0 bridgehead atoms. The van der Waals surface area contributed by atoms with Crippen LogP contribution in [-0.2, 0) is 22.6 Å². The molecule has 0 aliphatic heterocycles. The molecule has 0 radical (unpaired) electrons. The third-order valence-electron chi connectivity index (χ3n) is 4.89. The average molecular weight is 410 g/mol. The first-order valence-electron chi connectivity index (χ1n) is 9.53. The van der Waals surface area contributed by atoms with E-state index in [2.05, 4.69) is 5.10 Å². The van der Waals surface area contributed by atoms with E-state index in [0.29, 0.717) is 22.8 Å². The number of hydrogen-bond acceptors (Lipinski definition) is 6. The summed E-state index contributed by atoms with van der Waals surface area (Å²) in [4.78, 5) is 12.5. The van der Waals surface area contributed by atoms with E-state index in [1.54, 1.807) is 12.1 Å². The number of carbonyl (C=O) groups excluding carboxylic acids is 1. The van der Waals surface area contributed by atoms with Crippen LogP contribution < -0.4 is 14.2 Å². The molecule has 0 N–H and O–H groups in total. The van der Waals surface area contributed by atoms with Gasteiger partial charge in [-0.3, -0.25) is 4.79 Å². The standard InChI is InChI=1S/C23H26N2O5/c1-15-19(16(2)25(24-15)18-9-7-6-8-10-18)14-30-22(26)13-17-11-20(27-3)23(29-5)21(12-17)28-4/h6-12H,13-14H2,1-5H3. The SMILES string of the molecule is COc1cc(CC(=O)OCc2c(C)nn(-c3ccccc3)c2C)cc(OC)c1OC. The number of rotatable bonds is 8. The molecule has 1 heterocycles. The summed E-state index contributed by atoms with van der Waals surface area (Å²) in [6, 6.07) is 13.3. The lowest BCUT2D eigenvalue weighted by molar-refractivity contribution is -0.144. The zero-order valence-electron chi connectivity index (χ0n) is 17.9. The number of ether oxygens (including phenoxy) is 4. The van der Waals surface area contributed by atoms with Crippen molar-refractivity contribution in [2.24, 2.45) is 0 Å². The van der Waals surface area contributed by atoms with Crippen LogP contribution in [0.3, 0.4) is 0 Å². The average Bonchev–Trinajstić information content (AvgIpc) is 3.05. The quantitative estimate of drug-likeness (QED) is 0.526. The lowest BCUT2D eigenvalue weighted by Crippen LogP contribution is -2.09. The Hall–Kier alpha value is -3.48. The van der Waals surface area contributed by atoms with Crippen LogP contribution in [-0.4, -0.2) is 37.1 Å². The molecule has 3 rings (SSSR count). The first kappa shape index (κ1) is 21.2. The third-order valence-corrected chi connectivity index (χ3v) is 4.89. The van der Waals surface area contributed by atoms with Crippen molar-refractivity contribution in [2.75, 3.05) is 21.3 Å². The highest BCUT2D eigenvalue weighted by molar-refractivity contribution is 5.73. The molecule has 0 atom stereocenters. The molecule has 30 heavy (non-hydrogen) atoms. The molecule has 3 aromatic rings. The fraction of sp³-hybridized carbons (Fsp3) is 0.304. The number of carbonyl (C=O) groups is 1. The van der Waals surface area contributed by atoms with E-state index in [4.69, 9.17) is 18.9 Å². The van der Waals surface area contributed by atoms with Gasteiger partial charge in [-0.25, -0.2) is 4.68 Å². The van der Waals surface area contributed by atoms with Crippen molar-refractivity contribution in [2.45, 2.75) is 26.9 Å². The van der Waals surface area contributed by atoms with Crippen molar-refractivity contribution in [1.82, 2.24) is 9.78 Å². The Labute approximate surface area is 176 Å². The Bertz CT molecular complexity index is 1000. The van der Waals surface area contributed by atoms with Gasteiger partial charge in [-0.05, 0) is 43.7 Å². The molecule has 0 amide bonds. The van der Waals surface area contributed by atoms with Gasteiger partial charge in [0.15, 0.2) is 11.5 Å².